The number of aryl methyl sites for hydroxylation is 2. The predicted molar refractivity (Wildman–Crippen MR) is 110 cm³/mol. The normalized spacial score (nSPS) is 28.8. The van der Waals surface area contributed by atoms with E-state index < -0.39 is 0 Å². The zero-order chi connectivity index (χ0) is 17.9. The highest BCUT2D eigenvalue weighted by Crippen LogP contribution is 2.50. The molecule has 0 N–H and O–H groups in total. The SMILES string of the molecule is CN1C2(CCc3ccccc3)CCCC1(CCc1ccccc1)CCC2. The molecule has 0 aromatic heterocycles. The van der Waals surface area contributed by atoms with Crippen molar-refractivity contribution in [2.75, 3.05) is 7.05 Å². The van der Waals surface area contributed by atoms with Crippen molar-refractivity contribution < 1.29 is 0 Å². The third-order valence-corrected chi connectivity index (χ3v) is 7.44. The van der Waals surface area contributed by atoms with E-state index in [1.807, 2.05) is 0 Å². The fourth-order valence-corrected chi connectivity index (χ4v) is 5.80. The molecule has 2 bridgehead atoms. The minimum atomic E-state index is 0.434. The Hall–Kier alpha value is -1.60. The van der Waals surface area contributed by atoms with Gasteiger partial charge in [0, 0.05) is 11.1 Å². The van der Waals surface area contributed by atoms with E-state index in [1.54, 1.807) is 0 Å². The molecular weight excluding hydrogens is 314 g/mol. The summed E-state index contributed by atoms with van der Waals surface area (Å²) in [7, 11) is 2.45. The monoisotopic (exact) mass is 347 g/mol. The minimum absolute atomic E-state index is 0.434. The van der Waals surface area contributed by atoms with Gasteiger partial charge in [-0.05, 0) is 82.4 Å². The molecule has 2 fully saturated rings. The van der Waals surface area contributed by atoms with Crippen LogP contribution in [0.3, 0.4) is 0 Å². The zero-order valence-electron chi connectivity index (χ0n) is 16.3. The van der Waals surface area contributed by atoms with E-state index in [-0.39, 0.29) is 0 Å². The van der Waals surface area contributed by atoms with Gasteiger partial charge in [-0.15, -0.1) is 0 Å². The Bertz CT molecular complexity index is 621. The number of benzene rings is 2. The summed E-state index contributed by atoms with van der Waals surface area (Å²) in [5, 5.41) is 0. The highest BCUT2D eigenvalue weighted by molar-refractivity contribution is 5.18. The topological polar surface area (TPSA) is 3.24 Å². The molecule has 138 valence electrons. The Morgan fingerprint density at radius 1 is 0.654 bits per heavy atom. The molecule has 4 rings (SSSR count). The zero-order valence-corrected chi connectivity index (χ0v) is 16.3. The predicted octanol–water partition coefficient (Wildman–Crippen LogP) is 6.03. The van der Waals surface area contributed by atoms with Crippen molar-refractivity contribution >= 4 is 0 Å². The number of piperidine rings is 2. The van der Waals surface area contributed by atoms with Crippen LogP contribution >= 0.6 is 0 Å². The van der Waals surface area contributed by atoms with Gasteiger partial charge in [-0.2, -0.15) is 0 Å². The van der Waals surface area contributed by atoms with Crippen molar-refractivity contribution in [3.8, 4) is 0 Å². The van der Waals surface area contributed by atoms with E-state index in [1.165, 1.54) is 75.3 Å². The highest BCUT2D eigenvalue weighted by Gasteiger charge is 2.51. The first-order valence-electron chi connectivity index (χ1n) is 10.5. The number of fused-ring (bicyclic) bond motifs is 2. The maximum absolute atomic E-state index is 2.86. The number of rotatable bonds is 6. The van der Waals surface area contributed by atoms with E-state index in [9.17, 15) is 0 Å². The van der Waals surface area contributed by atoms with Gasteiger partial charge in [-0.1, -0.05) is 60.7 Å². The molecule has 1 heteroatoms. The van der Waals surface area contributed by atoms with Crippen LogP contribution < -0.4 is 0 Å². The van der Waals surface area contributed by atoms with Gasteiger partial charge >= 0.3 is 0 Å². The number of nitrogens with zero attached hydrogens (tertiary/aromatic N) is 1. The van der Waals surface area contributed by atoms with Crippen molar-refractivity contribution in [3.05, 3.63) is 71.8 Å². The second-order valence-corrected chi connectivity index (χ2v) is 8.69. The lowest BCUT2D eigenvalue weighted by atomic mass is 9.64. The average molecular weight is 348 g/mol. The summed E-state index contributed by atoms with van der Waals surface area (Å²) < 4.78 is 0. The first-order valence-corrected chi connectivity index (χ1v) is 10.5. The molecule has 0 atom stereocenters. The lowest BCUT2D eigenvalue weighted by molar-refractivity contribution is -0.0917. The minimum Gasteiger partial charge on any atom is -0.295 e. The van der Waals surface area contributed by atoms with Gasteiger partial charge in [0.2, 0.25) is 0 Å². The Kier molecular flexibility index (Phi) is 5.18. The molecule has 2 aliphatic rings. The molecule has 0 saturated carbocycles. The van der Waals surface area contributed by atoms with Gasteiger partial charge in [-0.25, -0.2) is 0 Å². The second-order valence-electron chi connectivity index (χ2n) is 8.69. The maximum atomic E-state index is 2.86. The molecule has 1 nitrogen and oxygen atoms in total. The molecule has 0 spiro atoms. The summed E-state index contributed by atoms with van der Waals surface area (Å²) in [6, 6.07) is 22.2. The first-order chi connectivity index (χ1) is 12.7. The van der Waals surface area contributed by atoms with Crippen molar-refractivity contribution in [2.45, 2.75) is 75.3 Å². The molecule has 26 heavy (non-hydrogen) atoms. The Balaban J connectivity index is 1.48. The number of hydrogen-bond donors (Lipinski definition) is 0. The van der Waals surface area contributed by atoms with Crippen LogP contribution in [-0.4, -0.2) is 23.0 Å². The molecule has 0 aliphatic carbocycles. The van der Waals surface area contributed by atoms with E-state index in [4.69, 9.17) is 0 Å². The molecule has 2 saturated heterocycles. The fourth-order valence-electron chi connectivity index (χ4n) is 5.80. The fraction of sp³-hybridized carbons (Fsp3) is 0.520. The van der Waals surface area contributed by atoms with Crippen molar-refractivity contribution in [3.63, 3.8) is 0 Å². The Labute approximate surface area is 159 Å². The first kappa shape index (κ1) is 17.8. The average Bonchev–Trinajstić information content (AvgIpc) is 2.68. The van der Waals surface area contributed by atoms with Crippen LogP contribution in [0.1, 0.15) is 62.5 Å². The summed E-state index contributed by atoms with van der Waals surface area (Å²) in [5.74, 6) is 0. The largest absolute Gasteiger partial charge is 0.295 e. The van der Waals surface area contributed by atoms with Gasteiger partial charge in [0.05, 0.1) is 0 Å². The summed E-state index contributed by atoms with van der Waals surface area (Å²) in [4.78, 5) is 2.86. The van der Waals surface area contributed by atoms with Crippen molar-refractivity contribution in [2.24, 2.45) is 0 Å². The van der Waals surface area contributed by atoms with Crippen molar-refractivity contribution in [1.29, 1.82) is 0 Å². The van der Waals surface area contributed by atoms with E-state index >= 15 is 0 Å². The van der Waals surface area contributed by atoms with Crippen LogP contribution in [0.4, 0.5) is 0 Å². The van der Waals surface area contributed by atoms with Crippen LogP contribution in [-0.2, 0) is 12.8 Å². The summed E-state index contributed by atoms with van der Waals surface area (Å²) in [6.07, 6.45) is 13.5. The smallest absolute Gasteiger partial charge is 0.0215 e. The molecular formula is C25H33N. The van der Waals surface area contributed by atoms with E-state index in [2.05, 4.69) is 72.6 Å². The maximum Gasteiger partial charge on any atom is 0.0215 e. The summed E-state index contributed by atoms with van der Waals surface area (Å²) >= 11 is 0. The van der Waals surface area contributed by atoms with Crippen molar-refractivity contribution in [1.82, 2.24) is 4.90 Å². The van der Waals surface area contributed by atoms with Crippen LogP contribution in [0.25, 0.3) is 0 Å². The molecule has 0 radical (unpaired) electrons. The molecule has 2 heterocycles. The Morgan fingerprint density at radius 2 is 1.04 bits per heavy atom. The van der Waals surface area contributed by atoms with Crippen LogP contribution in [0, 0.1) is 0 Å². The highest BCUT2D eigenvalue weighted by atomic mass is 15.3. The van der Waals surface area contributed by atoms with Crippen LogP contribution in [0.15, 0.2) is 60.7 Å². The third-order valence-electron chi connectivity index (χ3n) is 7.44. The third kappa shape index (κ3) is 3.47. The van der Waals surface area contributed by atoms with Gasteiger partial charge < -0.3 is 0 Å². The van der Waals surface area contributed by atoms with Crippen LogP contribution in [0.5, 0.6) is 0 Å². The lowest BCUT2D eigenvalue weighted by Gasteiger charge is -2.61. The molecule has 2 aromatic carbocycles. The van der Waals surface area contributed by atoms with E-state index in [0.717, 1.165) is 0 Å². The molecule has 0 unspecified atom stereocenters. The summed E-state index contributed by atoms with van der Waals surface area (Å²) in [6.45, 7) is 0. The standard InChI is InChI=1S/C25H33N/c1-26-24(20-14-22-10-4-2-5-11-22)16-8-18-25(26,19-9-17-24)21-15-23-12-6-3-7-13-23/h2-7,10-13H,8-9,14-21H2,1H3. The molecule has 0 amide bonds. The van der Waals surface area contributed by atoms with Gasteiger partial charge in [0.15, 0.2) is 0 Å². The van der Waals surface area contributed by atoms with Gasteiger partial charge in [0.1, 0.15) is 0 Å². The second kappa shape index (κ2) is 7.56. The van der Waals surface area contributed by atoms with Gasteiger partial charge in [-0.3, -0.25) is 4.90 Å². The summed E-state index contributed by atoms with van der Waals surface area (Å²) in [5.41, 5.74) is 3.87. The Morgan fingerprint density at radius 3 is 1.42 bits per heavy atom. The molecule has 2 aliphatic heterocycles. The van der Waals surface area contributed by atoms with E-state index in [0.29, 0.717) is 11.1 Å². The molecule has 2 aromatic rings. The number of hydrogen-bond acceptors (Lipinski definition) is 1. The van der Waals surface area contributed by atoms with Gasteiger partial charge in [0.25, 0.3) is 0 Å². The quantitative estimate of drug-likeness (QED) is 0.617. The van der Waals surface area contributed by atoms with Crippen LogP contribution in [0.2, 0.25) is 0 Å². The lowest BCUT2D eigenvalue weighted by Crippen LogP contribution is -2.64.